The lowest BCUT2D eigenvalue weighted by Gasteiger charge is -2.08. The van der Waals surface area contributed by atoms with Crippen LogP contribution >= 0.6 is 11.3 Å². The van der Waals surface area contributed by atoms with E-state index in [0.29, 0.717) is 20.7 Å². The van der Waals surface area contributed by atoms with E-state index in [1.54, 1.807) is 37.3 Å². The molecule has 29 heavy (non-hydrogen) atoms. The smallest absolute Gasteiger partial charge is 0.168 e. The Morgan fingerprint density at radius 1 is 0.966 bits per heavy atom. The van der Waals surface area contributed by atoms with Crippen LogP contribution in [0.1, 0.15) is 33.3 Å². The van der Waals surface area contributed by atoms with Gasteiger partial charge in [0.2, 0.25) is 0 Å². The summed E-state index contributed by atoms with van der Waals surface area (Å²) in [6.45, 7) is 11.6. The van der Waals surface area contributed by atoms with Crippen molar-refractivity contribution in [2.75, 3.05) is 0 Å². The second-order valence-corrected chi connectivity index (χ2v) is 8.07. The molecule has 1 aromatic carbocycles. The third kappa shape index (κ3) is 5.57. The molecule has 0 nitrogen and oxygen atoms in total. The van der Waals surface area contributed by atoms with Crippen LogP contribution in [0.2, 0.25) is 0 Å². The van der Waals surface area contributed by atoms with Gasteiger partial charge in [-0.25, -0.2) is 8.78 Å². The molecule has 0 saturated heterocycles. The lowest BCUT2D eigenvalue weighted by atomic mass is 9.88. The van der Waals surface area contributed by atoms with E-state index in [-0.39, 0.29) is 11.1 Å². The van der Waals surface area contributed by atoms with Crippen LogP contribution in [0.3, 0.4) is 0 Å². The van der Waals surface area contributed by atoms with Crippen molar-refractivity contribution < 1.29 is 8.78 Å². The highest BCUT2D eigenvalue weighted by Gasteiger charge is 2.17. The molecule has 0 unspecified atom stereocenters. The summed E-state index contributed by atoms with van der Waals surface area (Å²) in [7, 11) is 11.5. The molecule has 144 valence electrons. The molecule has 0 aliphatic carbocycles. The second kappa shape index (κ2) is 9.89. The van der Waals surface area contributed by atoms with Crippen molar-refractivity contribution in [3.05, 3.63) is 89.1 Å². The normalized spacial score (nSPS) is 12.8. The van der Waals surface area contributed by atoms with Crippen LogP contribution in [0.25, 0.3) is 16.0 Å². The fourth-order valence-corrected chi connectivity index (χ4v) is 3.52. The summed E-state index contributed by atoms with van der Waals surface area (Å²) in [4.78, 5) is 0.499. The molecule has 4 radical (unpaired) electrons. The van der Waals surface area contributed by atoms with Crippen molar-refractivity contribution in [2.45, 2.75) is 27.7 Å². The minimum Gasteiger partial charge on any atom is -0.203 e. The van der Waals surface area contributed by atoms with Gasteiger partial charge in [-0.1, -0.05) is 64.9 Å². The first-order valence-electron chi connectivity index (χ1n) is 9.12. The Hall–Kier alpha value is -2.39. The van der Waals surface area contributed by atoms with Crippen molar-refractivity contribution in [2.24, 2.45) is 0 Å². The van der Waals surface area contributed by atoms with Crippen LogP contribution in [0.15, 0.2) is 71.9 Å². The third-order valence-corrected chi connectivity index (χ3v) is 5.43. The van der Waals surface area contributed by atoms with Crippen LogP contribution in [0.4, 0.5) is 8.78 Å². The number of hydrogen-bond donors (Lipinski definition) is 0. The average Bonchev–Trinajstić information content (AvgIpc) is 3.00. The molecule has 0 saturated carbocycles. The summed E-state index contributed by atoms with van der Waals surface area (Å²) < 4.78 is 29.8. The SMILES string of the molecule is [B]c1cc(-c2ccc(/C(C)=C/C=C(C=C)/C(C)=C/C=C(C)C)c(F)c2F)sc1[B]. The molecule has 0 amide bonds. The van der Waals surface area contributed by atoms with Gasteiger partial charge in [0.1, 0.15) is 15.7 Å². The van der Waals surface area contributed by atoms with Gasteiger partial charge < -0.3 is 0 Å². The molecule has 5 heteroatoms. The van der Waals surface area contributed by atoms with E-state index in [9.17, 15) is 8.78 Å². The Labute approximate surface area is 178 Å². The lowest BCUT2D eigenvalue weighted by molar-refractivity contribution is 0.509. The van der Waals surface area contributed by atoms with Gasteiger partial charge in [0.25, 0.3) is 0 Å². The van der Waals surface area contributed by atoms with Crippen LogP contribution in [-0.2, 0) is 0 Å². The van der Waals surface area contributed by atoms with Crippen LogP contribution in [0.5, 0.6) is 0 Å². The summed E-state index contributed by atoms with van der Waals surface area (Å²) in [5.41, 5.74) is 4.44. The van der Waals surface area contributed by atoms with Crippen molar-refractivity contribution in [1.29, 1.82) is 0 Å². The van der Waals surface area contributed by atoms with E-state index >= 15 is 0 Å². The maximum Gasteiger partial charge on any atom is 0.168 e. The molecule has 0 aliphatic rings. The number of hydrogen-bond acceptors (Lipinski definition) is 1. The molecule has 0 spiro atoms. The molecule has 1 aromatic heterocycles. The number of halogens is 2. The largest absolute Gasteiger partial charge is 0.203 e. The summed E-state index contributed by atoms with van der Waals surface area (Å²) in [6.07, 6.45) is 9.36. The van der Waals surface area contributed by atoms with Gasteiger partial charge in [0, 0.05) is 16.0 Å². The summed E-state index contributed by atoms with van der Waals surface area (Å²) >= 11 is 1.13. The van der Waals surface area contributed by atoms with Crippen LogP contribution in [0, 0.1) is 11.6 Å². The molecular weight excluding hydrogens is 380 g/mol. The molecule has 1 heterocycles. The van der Waals surface area contributed by atoms with Crippen molar-refractivity contribution >= 4 is 42.8 Å². The van der Waals surface area contributed by atoms with Crippen molar-refractivity contribution in [3.8, 4) is 10.4 Å². The molecule has 0 atom stereocenters. The fourth-order valence-electron chi connectivity index (χ4n) is 2.65. The molecule has 2 aromatic rings. The minimum atomic E-state index is -0.913. The van der Waals surface area contributed by atoms with Crippen molar-refractivity contribution in [3.63, 3.8) is 0 Å². The minimum absolute atomic E-state index is 0.148. The van der Waals surface area contributed by atoms with E-state index in [2.05, 4.69) is 6.58 Å². The van der Waals surface area contributed by atoms with Crippen LogP contribution in [-0.4, -0.2) is 15.7 Å². The van der Waals surface area contributed by atoms with Gasteiger partial charge >= 0.3 is 0 Å². The monoisotopic (exact) mass is 402 g/mol. The fraction of sp³-hybridized carbons (Fsp3) is 0.167. The number of thiophene rings is 1. The Morgan fingerprint density at radius 3 is 2.21 bits per heavy atom. The molecule has 0 bridgehead atoms. The van der Waals surface area contributed by atoms with E-state index < -0.39 is 11.6 Å². The number of benzene rings is 1. The highest BCUT2D eigenvalue weighted by molar-refractivity contribution is 7.24. The second-order valence-electron chi connectivity index (χ2n) is 6.99. The third-order valence-electron chi connectivity index (χ3n) is 4.42. The average molecular weight is 402 g/mol. The van der Waals surface area contributed by atoms with Gasteiger partial charge in [-0.3, -0.25) is 0 Å². The van der Waals surface area contributed by atoms with Crippen molar-refractivity contribution in [1.82, 2.24) is 0 Å². The lowest BCUT2D eigenvalue weighted by Crippen LogP contribution is -2.18. The zero-order valence-electron chi connectivity index (χ0n) is 17.1. The van der Waals surface area contributed by atoms with Gasteiger partial charge in [-0.05, 0) is 50.5 Å². The highest BCUT2D eigenvalue weighted by Crippen LogP contribution is 2.31. The molecule has 2 rings (SSSR count). The van der Waals surface area contributed by atoms with Gasteiger partial charge in [-0.2, -0.15) is 11.3 Å². The predicted molar refractivity (Wildman–Crippen MR) is 126 cm³/mol. The first-order chi connectivity index (χ1) is 13.6. The van der Waals surface area contributed by atoms with E-state index in [1.165, 1.54) is 5.57 Å². The molecule has 0 N–H and O–H groups in total. The summed E-state index contributed by atoms with van der Waals surface area (Å²) in [5.74, 6) is -1.81. The van der Waals surface area contributed by atoms with Gasteiger partial charge in [0.05, 0.1) is 0 Å². The molecular formula is C24H22B2F2S. The Balaban J connectivity index is 2.41. The zero-order chi connectivity index (χ0) is 21.7. The first kappa shape index (κ1) is 22.9. The summed E-state index contributed by atoms with van der Waals surface area (Å²) in [6, 6.07) is 4.67. The standard InChI is InChI=1S/C24H22B2F2S/c1-6-17(15(4)8-7-14(2)3)10-9-16(5)18-11-12-19(23(28)22(18)27)21-13-20(25)24(26)29-21/h6-13H,1H2,2-5H3/b15-8+,16-9+,17-10+. The van der Waals surface area contributed by atoms with E-state index in [0.717, 1.165) is 22.5 Å². The Bertz CT molecular complexity index is 1030. The number of rotatable bonds is 6. The van der Waals surface area contributed by atoms with Crippen LogP contribution < -0.4 is 10.2 Å². The van der Waals surface area contributed by atoms with E-state index in [4.69, 9.17) is 15.7 Å². The Morgan fingerprint density at radius 2 is 1.66 bits per heavy atom. The quantitative estimate of drug-likeness (QED) is 0.429. The highest BCUT2D eigenvalue weighted by atomic mass is 32.1. The summed E-state index contributed by atoms with van der Waals surface area (Å²) in [5, 5.41) is 0. The van der Waals surface area contributed by atoms with Gasteiger partial charge in [0.15, 0.2) is 11.6 Å². The maximum absolute atomic E-state index is 14.7. The first-order valence-corrected chi connectivity index (χ1v) is 9.94. The Kier molecular flexibility index (Phi) is 7.80. The zero-order valence-corrected chi connectivity index (χ0v) is 18.0. The number of allylic oxidation sites excluding steroid dienone is 9. The maximum atomic E-state index is 14.7. The van der Waals surface area contributed by atoms with Gasteiger partial charge in [-0.15, -0.1) is 0 Å². The van der Waals surface area contributed by atoms with E-state index in [1.807, 2.05) is 39.0 Å². The predicted octanol–water partition coefficient (Wildman–Crippen LogP) is 5.71. The molecule has 0 fully saturated rings. The topological polar surface area (TPSA) is 0 Å². The molecule has 0 aliphatic heterocycles.